The number of ether oxygens (including phenoxy) is 1. The van der Waals surface area contributed by atoms with Crippen molar-refractivity contribution in [1.82, 2.24) is 9.55 Å². The van der Waals surface area contributed by atoms with Crippen LogP contribution in [0.15, 0.2) is 17.1 Å². The lowest BCUT2D eigenvalue weighted by Gasteiger charge is -2.44. The van der Waals surface area contributed by atoms with Crippen LogP contribution in [0.5, 0.6) is 0 Å². The fourth-order valence-electron chi connectivity index (χ4n) is 4.19. The SMILES string of the molecule is CNc1ccn([C@@H]2O[C@H](CO[Si](C)(C)C(C)(C)C)C(O[Si](C)(C)C(C)(C)C)[C@@H]2CC(C)(C)[Si](C)(C)O)c(=O)n1. The maximum Gasteiger partial charge on any atom is 0.351 e. The van der Waals surface area contributed by atoms with Gasteiger partial charge in [0.05, 0.1) is 12.7 Å². The van der Waals surface area contributed by atoms with Crippen LogP contribution in [-0.2, 0) is 13.6 Å². The lowest BCUT2D eigenvalue weighted by Crippen LogP contribution is -2.51. The maximum absolute atomic E-state index is 13.2. The van der Waals surface area contributed by atoms with Crippen LogP contribution in [0.4, 0.5) is 5.82 Å². The minimum Gasteiger partial charge on any atom is -0.432 e. The predicted molar refractivity (Wildman–Crippen MR) is 169 cm³/mol. The molecule has 8 nitrogen and oxygen atoms in total. The molecule has 0 spiro atoms. The highest BCUT2D eigenvalue weighted by atomic mass is 28.4. The van der Waals surface area contributed by atoms with Crippen molar-refractivity contribution in [3.05, 3.63) is 22.7 Å². The molecule has 2 rings (SSSR count). The zero-order chi connectivity index (χ0) is 30.4. The molecular weight excluding hydrogens is 543 g/mol. The van der Waals surface area contributed by atoms with Gasteiger partial charge < -0.3 is 23.7 Å². The standard InChI is InChI=1S/C28H57N3O5Si3/c1-26(2,3)38(12,13)34-19-21-23(36-39(14,15)27(4,5)6)20(18-28(7,8)37(10,11)33)24(35-21)31-17-16-22(29-9)30-25(31)32/h16-17,20-21,23-24,33H,18-19H2,1-15H3,(H,29,30,32)/t20-,21+,23?,24+/m0/s1. The van der Waals surface area contributed by atoms with Crippen LogP contribution in [0.25, 0.3) is 0 Å². The number of rotatable bonds is 10. The second-order valence-corrected chi connectivity index (χ2v) is 29.6. The van der Waals surface area contributed by atoms with Gasteiger partial charge in [-0.1, -0.05) is 55.4 Å². The second kappa shape index (κ2) is 11.5. The summed E-state index contributed by atoms with van der Waals surface area (Å²) < 4.78 is 22.3. The van der Waals surface area contributed by atoms with E-state index >= 15 is 0 Å². The monoisotopic (exact) mass is 599 g/mol. The van der Waals surface area contributed by atoms with E-state index in [0.29, 0.717) is 18.8 Å². The Bertz CT molecular complexity index is 1040. The lowest BCUT2D eigenvalue weighted by atomic mass is 9.89. The number of aromatic nitrogens is 2. The Morgan fingerprint density at radius 2 is 1.54 bits per heavy atom. The van der Waals surface area contributed by atoms with Gasteiger partial charge in [0, 0.05) is 19.2 Å². The van der Waals surface area contributed by atoms with E-state index in [1.165, 1.54) is 0 Å². The molecule has 1 aromatic heterocycles. The highest BCUT2D eigenvalue weighted by Gasteiger charge is 2.54. The van der Waals surface area contributed by atoms with Gasteiger partial charge in [-0.2, -0.15) is 4.98 Å². The van der Waals surface area contributed by atoms with Crippen molar-refractivity contribution in [2.24, 2.45) is 5.92 Å². The quantitative estimate of drug-likeness (QED) is 0.293. The van der Waals surface area contributed by atoms with Crippen LogP contribution in [0.3, 0.4) is 0 Å². The Morgan fingerprint density at radius 3 is 1.97 bits per heavy atom. The third kappa shape index (κ3) is 7.72. The van der Waals surface area contributed by atoms with Gasteiger partial charge in [-0.25, -0.2) is 4.79 Å². The summed E-state index contributed by atoms with van der Waals surface area (Å²) in [6.07, 6.45) is 1.21. The smallest absolute Gasteiger partial charge is 0.351 e. The van der Waals surface area contributed by atoms with Crippen molar-refractivity contribution in [1.29, 1.82) is 0 Å². The Hall–Kier alpha value is -0.829. The molecule has 1 aromatic rings. The summed E-state index contributed by atoms with van der Waals surface area (Å²) in [5, 5.41) is 2.65. The molecular formula is C28H57N3O5Si3. The lowest BCUT2D eigenvalue weighted by molar-refractivity contribution is -0.0447. The van der Waals surface area contributed by atoms with Gasteiger partial charge in [-0.15, -0.1) is 0 Å². The van der Waals surface area contributed by atoms with E-state index in [0.717, 1.165) is 0 Å². The molecule has 39 heavy (non-hydrogen) atoms. The molecule has 11 heteroatoms. The van der Waals surface area contributed by atoms with E-state index < -0.39 is 31.2 Å². The molecule has 0 bridgehead atoms. The van der Waals surface area contributed by atoms with Gasteiger partial charge in [0.15, 0.2) is 25.0 Å². The minimum absolute atomic E-state index is 0.00612. The molecule has 1 unspecified atom stereocenters. The Kier molecular flexibility index (Phi) is 10.1. The summed E-state index contributed by atoms with van der Waals surface area (Å²) in [7, 11) is -5.12. The molecule has 1 fully saturated rings. The molecule has 226 valence electrons. The van der Waals surface area contributed by atoms with Crippen LogP contribution in [0.1, 0.15) is 68.0 Å². The van der Waals surface area contributed by atoms with E-state index in [1.807, 2.05) is 13.1 Å². The molecule has 0 saturated carbocycles. The fraction of sp³-hybridized carbons (Fsp3) is 0.857. The van der Waals surface area contributed by atoms with Crippen LogP contribution >= 0.6 is 0 Å². The summed E-state index contributed by atoms with van der Waals surface area (Å²) in [5.41, 5.74) is -0.368. The number of anilines is 1. The number of hydrogen-bond donors (Lipinski definition) is 2. The van der Waals surface area contributed by atoms with Crippen LogP contribution in [0.2, 0.25) is 54.4 Å². The van der Waals surface area contributed by atoms with Gasteiger partial charge in [0.1, 0.15) is 18.1 Å². The van der Waals surface area contributed by atoms with Gasteiger partial charge in [0.2, 0.25) is 0 Å². The average Bonchev–Trinajstić information content (AvgIpc) is 3.05. The van der Waals surface area contributed by atoms with Crippen molar-refractivity contribution in [2.45, 2.75) is 135 Å². The summed E-state index contributed by atoms with van der Waals surface area (Å²) in [4.78, 5) is 28.7. The van der Waals surface area contributed by atoms with E-state index in [9.17, 15) is 9.59 Å². The normalized spacial score (nSPS) is 23.8. The first kappa shape index (κ1) is 34.4. The van der Waals surface area contributed by atoms with Crippen LogP contribution < -0.4 is 11.0 Å². The second-order valence-electron chi connectivity index (χ2n) is 15.5. The molecule has 1 aliphatic rings. The summed E-state index contributed by atoms with van der Waals surface area (Å²) in [5.74, 6) is 0.350. The van der Waals surface area contributed by atoms with E-state index in [-0.39, 0.29) is 38.9 Å². The van der Waals surface area contributed by atoms with Gasteiger partial charge in [0.25, 0.3) is 0 Å². The minimum atomic E-state index is -2.57. The molecule has 0 amide bonds. The molecule has 2 N–H and O–H groups in total. The zero-order valence-corrected chi connectivity index (χ0v) is 30.4. The Morgan fingerprint density at radius 1 is 1.00 bits per heavy atom. The van der Waals surface area contributed by atoms with Crippen molar-refractivity contribution in [2.75, 3.05) is 19.0 Å². The third-order valence-electron chi connectivity index (χ3n) is 9.88. The highest BCUT2D eigenvalue weighted by Crippen LogP contribution is 2.51. The largest absolute Gasteiger partial charge is 0.432 e. The van der Waals surface area contributed by atoms with Gasteiger partial charge in [-0.3, -0.25) is 4.57 Å². The highest BCUT2D eigenvalue weighted by molar-refractivity contribution is 6.74. The maximum atomic E-state index is 13.2. The summed E-state index contributed by atoms with van der Waals surface area (Å²) in [6.45, 7) is 31.0. The number of nitrogens with one attached hydrogen (secondary N) is 1. The van der Waals surface area contributed by atoms with Crippen molar-refractivity contribution in [3.8, 4) is 0 Å². The first-order valence-corrected chi connectivity index (χ1v) is 23.1. The van der Waals surface area contributed by atoms with E-state index in [2.05, 4.69) is 91.9 Å². The average molecular weight is 600 g/mol. The predicted octanol–water partition coefficient (Wildman–Crippen LogP) is 6.58. The number of hydrogen-bond acceptors (Lipinski definition) is 7. The van der Waals surface area contributed by atoms with Gasteiger partial charge >= 0.3 is 5.69 Å². The van der Waals surface area contributed by atoms with Crippen molar-refractivity contribution >= 4 is 30.8 Å². The Balaban J connectivity index is 2.66. The molecule has 2 heterocycles. The van der Waals surface area contributed by atoms with E-state index in [1.54, 1.807) is 23.9 Å². The third-order valence-corrected chi connectivity index (χ3v) is 22.4. The van der Waals surface area contributed by atoms with Crippen LogP contribution in [-0.4, -0.2) is 65.2 Å². The molecule has 4 atom stereocenters. The fourth-order valence-corrected chi connectivity index (χ4v) is 7.30. The summed E-state index contributed by atoms with van der Waals surface area (Å²) >= 11 is 0. The van der Waals surface area contributed by atoms with Crippen molar-refractivity contribution in [3.63, 3.8) is 0 Å². The molecule has 1 saturated heterocycles. The van der Waals surface area contributed by atoms with Gasteiger partial charge in [-0.05, 0) is 66.9 Å². The molecule has 1 aliphatic heterocycles. The van der Waals surface area contributed by atoms with Crippen LogP contribution in [0, 0.1) is 5.92 Å². The topological polar surface area (TPSA) is 94.8 Å². The Labute approximate surface area is 240 Å². The first-order chi connectivity index (χ1) is 17.3. The molecule has 0 aliphatic carbocycles. The summed E-state index contributed by atoms with van der Waals surface area (Å²) in [6, 6.07) is 1.79. The van der Waals surface area contributed by atoms with E-state index in [4.69, 9.17) is 13.6 Å². The number of nitrogens with zero attached hydrogens (tertiary/aromatic N) is 2. The zero-order valence-electron chi connectivity index (χ0n) is 27.4. The first-order valence-electron chi connectivity index (χ1n) is 14.3. The molecule has 0 aromatic carbocycles. The molecule has 0 radical (unpaired) electrons. The van der Waals surface area contributed by atoms with Crippen molar-refractivity contribution < 1.29 is 18.4 Å².